The van der Waals surface area contributed by atoms with Crippen LogP contribution in [0.2, 0.25) is 0 Å². The minimum atomic E-state index is -0.600. The summed E-state index contributed by atoms with van der Waals surface area (Å²) in [6, 6.07) is 7.54. The van der Waals surface area contributed by atoms with E-state index in [1.54, 1.807) is 6.92 Å². The number of carbonyl (C=O) groups excluding carboxylic acids is 1. The summed E-state index contributed by atoms with van der Waals surface area (Å²) in [7, 11) is 0. The van der Waals surface area contributed by atoms with Crippen molar-refractivity contribution in [3.8, 4) is 0 Å². The molecule has 18 heavy (non-hydrogen) atoms. The SMILES string of the molecule is C=C(C)c1ccccc1CC(=[N+]=[N-])C(=O)OCC. The second kappa shape index (κ2) is 6.52. The Balaban J connectivity index is 3.00. The largest absolute Gasteiger partial charge is 0.457 e. The fourth-order valence-electron chi connectivity index (χ4n) is 1.63. The molecule has 0 atom stereocenters. The average Bonchev–Trinajstić information content (AvgIpc) is 2.36. The normalized spacial score (nSPS) is 9.44. The summed E-state index contributed by atoms with van der Waals surface area (Å²) in [5.41, 5.74) is 11.6. The van der Waals surface area contributed by atoms with Crippen LogP contribution in [0.4, 0.5) is 0 Å². The third-order valence-corrected chi connectivity index (χ3v) is 2.47. The molecule has 0 aromatic heterocycles. The minimum absolute atomic E-state index is 0.00875. The van der Waals surface area contributed by atoms with E-state index in [0.717, 1.165) is 16.7 Å². The monoisotopic (exact) mass is 244 g/mol. The van der Waals surface area contributed by atoms with Gasteiger partial charge in [0.2, 0.25) is 0 Å². The van der Waals surface area contributed by atoms with Crippen molar-refractivity contribution >= 4 is 17.3 Å². The summed E-state index contributed by atoms with van der Waals surface area (Å²) in [5, 5.41) is 0. The molecule has 0 amide bonds. The molecule has 4 heteroatoms. The second-order valence-corrected chi connectivity index (χ2v) is 3.88. The fraction of sp³-hybridized carbons (Fsp3) is 0.286. The van der Waals surface area contributed by atoms with Crippen LogP contribution in [-0.2, 0) is 16.0 Å². The molecule has 0 radical (unpaired) electrons. The van der Waals surface area contributed by atoms with Gasteiger partial charge in [0.1, 0.15) is 0 Å². The molecule has 0 N–H and O–H groups in total. The van der Waals surface area contributed by atoms with Crippen molar-refractivity contribution in [3.63, 3.8) is 0 Å². The topological polar surface area (TPSA) is 62.7 Å². The summed E-state index contributed by atoms with van der Waals surface area (Å²) in [6.07, 6.45) is 0.221. The molecule has 1 aromatic carbocycles. The van der Waals surface area contributed by atoms with Gasteiger partial charge in [-0.2, -0.15) is 4.79 Å². The van der Waals surface area contributed by atoms with Crippen LogP contribution in [0.1, 0.15) is 25.0 Å². The van der Waals surface area contributed by atoms with Crippen molar-refractivity contribution in [2.45, 2.75) is 20.3 Å². The van der Waals surface area contributed by atoms with Crippen LogP contribution in [0.3, 0.4) is 0 Å². The Bertz CT molecular complexity index is 514. The van der Waals surface area contributed by atoms with E-state index in [-0.39, 0.29) is 18.7 Å². The zero-order valence-corrected chi connectivity index (χ0v) is 10.6. The Morgan fingerprint density at radius 2 is 2.11 bits per heavy atom. The van der Waals surface area contributed by atoms with Gasteiger partial charge < -0.3 is 10.3 Å². The zero-order chi connectivity index (χ0) is 13.5. The van der Waals surface area contributed by atoms with Gasteiger partial charge in [-0.15, -0.1) is 0 Å². The molecular weight excluding hydrogens is 228 g/mol. The van der Waals surface area contributed by atoms with Gasteiger partial charge in [-0.3, -0.25) is 0 Å². The lowest BCUT2D eigenvalue weighted by atomic mass is 9.98. The lowest BCUT2D eigenvalue weighted by Gasteiger charge is -2.06. The second-order valence-electron chi connectivity index (χ2n) is 3.88. The third kappa shape index (κ3) is 3.40. The molecule has 1 rings (SSSR count). The van der Waals surface area contributed by atoms with E-state index in [0.29, 0.717) is 0 Å². The number of hydrogen-bond acceptors (Lipinski definition) is 2. The standard InChI is InChI=1S/C14H16N2O2/c1-4-18-14(17)13(16-15)9-11-7-5-6-8-12(11)10(2)3/h5-8H,2,4,9H2,1,3H3. The average molecular weight is 244 g/mol. The van der Waals surface area contributed by atoms with Crippen LogP contribution in [0.25, 0.3) is 11.1 Å². The fourth-order valence-corrected chi connectivity index (χ4v) is 1.63. The van der Waals surface area contributed by atoms with Gasteiger partial charge in [0.15, 0.2) is 0 Å². The Morgan fingerprint density at radius 3 is 2.67 bits per heavy atom. The molecule has 4 nitrogen and oxygen atoms in total. The predicted octanol–water partition coefficient (Wildman–Crippen LogP) is 2.50. The molecule has 0 saturated carbocycles. The number of esters is 1. The summed E-state index contributed by atoms with van der Waals surface area (Å²) in [6.45, 7) is 7.72. The molecule has 0 bridgehead atoms. The Morgan fingerprint density at radius 1 is 1.44 bits per heavy atom. The molecule has 0 heterocycles. The van der Waals surface area contributed by atoms with Gasteiger partial charge in [0.05, 0.1) is 13.0 Å². The van der Waals surface area contributed by atoms with E-state index in [2.05, 4.69) is 11.4 Å². The van der Waals surface area contributed by atoms with Crippen molar-refractivity contribution in [1.29, 1.82) is 0 Å². The number of nitrogens with zero attached hydrogens (tertiary/aromatic N) is 2. The number of allylic oxidation sites excluding steroid dienone is 1. The van der Waals surface area contributed by atoms with E-state index < -0.39 is 5.97 Å². The van der Waals surface area contributed by atoms with E-state index in [1.807, 2.05) is 31.2 Å². The first kappa shape index (κ1) is 13.9. The smallest absolute Gasteiger partial charge is 0.417 e. The van der Waals surface area contributed by atoms with Crippen LogP contribution in [-0.4, -0.2) is 23.1 Å². The van der Waals surface area contributed by atoms with Gasteiger partial charge in [0.25, 0.3) is 0 Å². The van der Waals surface area contributed by atoms with Gasteiger partial charge in [-0.1, -0.05) is 36.4 Å². The summed E-state index contributed by atoms with van der Waals surface area (Å²) >= 11 is 0. The molecule has 94 valence electrons. The van der Waals surface area contributed by atoms with Crippen LogP contribution in [0.5, 0.6) is 0 Å². The maximum Gasteiger partial charge on any atom is 0.417 e. The van der Waals surface area contributed by atoms with Gasteiger partial charge in [-0.05, 0) is 25.0 Å². The summed E-state index contributed by atoms with van der Waals surface area (Å²) < 4.78 is 4.82. The molecule has 0 aliphatic heterocycles. The van der Waals surface area contributed by atoms with Crippen molar-refractivity contribution in [2.75, 3.05) is 6.61 Å². The first-order valence-corrected chi connectivity index (χ1v) is 5.72. The van der Waals surface area contributed by atoms with Crippen LogP contribution in [0.15, 0.2) is 30.8 Å². The van der Waals surface area contributed by atoms with Gasteiger partial charge in [-0.25, -0.2) is 4.79 Å². The molecule has 1 aromatic rings. The van der Waals surface area contributed by atoms with Gasteiger partial charge >= 0.3 is 11.7 Å². The maximum absolute atomic E-state index is 11.5. The maximum atomic E-state index is 11.5. The molecule has 0 aliphatic carbocycles. The number of carbonyl (C=O) groups is 1. The summed E-state index contributed by atoms with van der Waals surface area (Å²) in [4.78, 5) is 14.5. The van der Waals surface area contributed by atoms with Gasteiger partial charge in [0, 0.05) is 0 Å². The Hall–Kier alpha value is -2.19. The van der Waals surface area contributed by atoms with Crippen LogP contribution < -0.4 is 0 Å². The Labute approximate surface area is 107 Å². The molecule has 0 spiro atoms. The molecule has 0 unspecified atom stereocenters. The lowest BCUT2D eigenvalue weighted by molar-refractivity contribution is -0.140. The molecule has 0 fully saturated rings. The minimum Gasteiger partial charge on any atom is -0.457 e. The molecular formula is C14H16N2O2. The summed E-state index contributed by atoms with van der Waals surface area (Å²) in [5.74, 6) is -0.600. The van der Waals surface area contributed by atoms with Crippen molar-refractivity contribution in [3.05, 3.63) is 47.5 Å². The number of benzene rings is 1. The quantitative estimate of drug-likeness (QED) is 0.346. The molecule has 0 saturated heterocycles. The van der Waals surface area contributed by atoms with Crippen molar-refractivity contribution < 1.29 is 14.3 Å². The highest BCUT2D eigenvalue weighted by molar-refractivity contribution is 6.34. The Kier molecular flexibility index (Phi) is 5.03. The van der Waals surface area contributed by atoms with E-state index in [9.17, 15) is 4.79 Å². The first-order valence-electron chi connectivity index (χ1n) is 5.72. The van der Waals surface area contributed by atoms with E-state index >= 15 is 0 Å². The predicted molar refractivity (Wildman–Crippen MR) is 70.1 cm³/mol. The van der Waals surface area contributed by atoms with Crippen molar-refractivity contribution in [2.24, 2.45) is 0 Å². The third-order valence-electron chi connectivity index (χ3n) is 2.47. The molecule has 0 aliphatic rings. The first-order chi connectivity index (χ1) is 8.60. The number of ether oxygens (including phenoxy) is 1. The van der Waals surface area contributed by atoms with E-state index in [1.165, 1.54) is 0 Å². The highest BCUT2D eigenvalue weighted by atomic mass is 16.5. The highest BCUT2D eigenvalue weighted by Crippen LogP contribution is 2.17. The zero-order valence-electron chi connectivity index (χ0n) is 10.6. The highest BCUT2D eigenvalue weighted by Gasteiger charge is 2.23. The number of rotatable bonds is 5. The lowest BCUT2D eigenvalue weighted by Crippen LogP contribution is -2.21. The van der Waals surface area contributed by atoms with E-state index in [4.69, 9.17) is 10.3 Å². The van der Waals surface area contributed by atoms with Crippen molar-refractivity contribution in [1.82, 2.24) is 0 Å². The van der Waals surface area contributed by atoms with Crippen LogP contribution >= 0.6 is 0 Å². The van der Waals surface area contributed by atoms with Crippen LogP contribution in [0, 0.1) is 0 Å². The number of hydrogen-bond donors (Lipinski definition) is 0.